The minimum Gasteiger partial charge on any atom is -0.495 e. The molecule has 0 saturated heterocycles. The van der Waals surface area contributed by atoms with Crippen LogP contribution in [0.3, 0.4) is 0 Å². The lowest BCUT2D eigenvalue weighted by Crippen LogP contribution is -2.40. The van der Waals surface area contributed by atoms with Crippen molar-refractivity contribution >= 4 is 22.6 Å². The lowest BCUT2D eigenvalue weighted by Gasteiger charge is -2.31. The number of carbonyl (C=O) groups excluding carboxylic acids is 1. The number of fused-ring (bicyclic) bond motifs is 1. The minimum absolute atomic E-state index is 0.218. The first kappa shape index (κ1) is 28.7. The summed E-state index contributed by atoms with van der Waals surface area (Å²) in [7, 11) is 1.52. The highest BCUT2D eigenvalue weighted by atomic mass is 19.4. The van der Waals surface area contributed by atoms with E-state index >= 15 is 0 Å². The highest BCUT2D eigenvalue weighted by Gasteiger charge is 2.31. The zero-order valence-electron chi connectivity index (χ0n) is 22.7. The first-order chi connectivity index (χ1) is 19.0. The lowest BCUT2D eigenvalue weighted by molar-refractivity contribution is -0.137. The third-order valence-electron chi connectivity index (χ3n) is 6.70. The number of aromatic nitrogens is 2. The van der Waals surface area contributed by atoms with E-state index < -0.39 is 23.8 Å². The van der Waals surface area contributed by atoms with Crippen molar-refractivity contribution in [1.82, 2.24) is 14.5 Å². The van der Waals surface area contributed by atoms with Crippen LogP contribution >= 0.6 is 0 Å². The summed E-state index contributed by atoms with van der Waals surface area (Å²) in [6.07, 6.45) is -3.02. The van der Waals surface area contributed by atoms with E-state index in [4.69, 9.17) is 9.72 Å². The van der Waals surface area contributed by atoms with Gasteiger partial charge in [0.1, 0.15) is 11.6 Å². The number of unbranched alkanes of at least 4 members (excludes halogenated alkanes) is 1. The fraction of sp³-hybridized carbons (Fsp3) is 0.300. The van der Waals surface area contributed by atoms with Crippen molar-refractivity contribution in [3.05, 3.63) is 94.0 Å². The Kier molecular flexibility index (Phi) is 8.46. The van der Waals surface area contributed by atoms with Gasteiger partial charge in [-0.25, -0.2) is 9.78 Å². The van der Waals surface area contributed by atoms with Gasteiger partial charge in [0.25, 0.3) is 5.56 Å². The average molecular weight is 553 g/mol. The van der Waals surface area contributed by atoms with Crippen LogP contribution in [0.15, 0.2) is 71.5 Å². The standard InChI is InChI=1S/C30H31F3N4O3/c1-5-6-17-36(29(39)34-22-14-12-21(13-15-22)30(31,32)33)20(3)27-35-24-10-8-7-9-23(24)28(38)37(27)25-18-19(2)11-16-26(25)40-4/h7-16,18,20H,5-6,17H2,1-4H3,(H,34,39). The molecule has 7 nitrogen and oxygen atoms in total. The van der Waals surface area contributed by atoms with Crippen molar-refractivity contribution in [2.75, 3.05) is 19.0 Å². The average Bonchev–Trinajstić information content (AvgIpc) is 2.93. The monoisotopic (exact) mass is 552 g/mol. The third kappa shape index (κ3) is 5.95. The smallest absolute Gasteiger partial charge is 0.416 e. The third-order valence-corrected chi connectivity index (χ3v) is 6.70. The Morgan fingerprint density at radius 2 is 1.80 bits per heavy atom. The number of benzene rings is 3. The van der Waals surface area contributed by atoms with E-state index in [0.717, 1.165) is 24.1 Å². The van der Waals surface area contributed by atoms with Crippen LogP contribution in [-0.2, 0) is 6.18 Å². The van der Waals surface area contributed by atoms with Gasteiger partial charge in [-0.05, 0) is 74.4 Å². The van der Waals surface area contributed by atoms with E-state index in [0.29, 0.717) is 41.1 Å². The Labute approximate surface area is 230 Å². The number of anilines is 1. The number of nitrogens with zero attached hydrogens (tertiary/aromatic N) is 3. The summed E-state index contributed by atoms with van der Waals surface area (Å²) < 4.78 is 46.1. The number of para-hydroxylation sites is 1. The molecular formula is C30H31F3N4O3. The molecule has 1 aromatic heterocycles. The van der Waals surface area contributed by atoms with Gasteiger partial charge in [0, 0.05) is 12.2 Å². The molecule has 0 fully saturated rings. The number of alkyl halides is 3. The van der Waals surface area contributed by atoms with Crippen LogP contribution in [-0.4, -0.2) is 34.1 Å². The van der Waals surface area contributed by atoms with Gasteiger partial charge in [-0.2, -0.15) is 13.2 Å². The second-order valence-corrected chi connectivity index (χ2v) is 9.53. The molecule has 0 aliphatic heterocycles. The van der Waals surface area contributed by atoms with E-state index in [1.807, 2.05) is 26.0 Å². The quantitative estimate of drug-likeness (QED) is 0.253. The molecule has 0 aliphatic rings. The minimum atomic E-state index is -4.48. The number of urea groups is 1. The predicted octanol–water partition coefficient (Wildman–Crippen LogP) is 7.12. The van der Waals surface area contributed by atoms with E-state index in [9.17, 15) is 22.8 Å². The Bertz CT molecular complexity index is 1570. The van der Waals surface area contributed by atoms with Gasteiger partial charge in [-0.15, -0.1) is 0 Å². The summed E-state index contributed by atoms with van der Waals surface area (Å²) in [5.41, 5.74) is 0.975. The Hall–Kier alpha value is -4.34. The van der Waals surface area contributed by atoms with E-state index in [1.54, 1.807) is 37.3 Å². The van der Waals surface area contributed by atoms with E-state index in [1.165, 1.54) is 28.7 Å². The number of aryl methyl sites for hydroxylation is 1. The van der Waals surface area contributed by atoms with Crippen LogP contribution in [0.25, 0.3) is 16.6 Å². The summed E-state index contributed by atoms with van der Waals surface area (Å²) >= 11 is 0. The predicted molar refractivity (Wildman–Crippen MR) is 149 cm³/mol. The Balaban J connectivity index is 1.82. The lowest BCUT2D eigenvalue weighted by atomic mass is 10.1. The SMILES string of the molecule is CCCCN(C(=O)Nc1ccc(C(F)(F)F)cc1)C(C)c1nc2ccccc2c(=O)n1-c1cc(C)ccc1OC. The molecule has 0 spiro atoms. The molecule has 2 amide bonds. The van der Waals surface area contributed by atoms with Gasteiger partial charge in [0.05, 0.1) is 35.3 Å². The molecule has 210 valence electrons. The number of halogens is 3. The molecule has 3 aromatic carbocycles. The van der Waals surface area contributed by atoms with Crippen LogP contribution in [0.1, 0.15) is 49.7 Å². The first-order valence-electron chi connectivity index (χ1n) is 13.0. The fourth-order valence-electron chi connectivity index (χ4n) is 4.51. The maximum absolute atomic E-state index is 13.9. The molecule has 10 heteroatoms. The topological polar surface area (TPSA) is 76.5 Å². The highest BCUT2D eigenvalue weighted by Crippen LogP contribution is 2.31. The van der Waals surface area contributed by atoms with Gasteiger partial charge in [-0.1, -0.05) is 31.5 Å². The Morgan fingerprint density at radius 1 is 1.10 bits per heavy atom. The zero-order valence-corrected chi connectivity index (χ0v) is 22.7. The van der Waals surface area contributed by atoms with Crippen molar-refractivity contribution in [2.45, 2.75) is 45.8 Å². The normalized spacial score (nSPS) is 12.3. The number of methoxy groups -OCH3 is 1. The summed E-state index contributed by atoms with van der Waals surface area (Å²) in [6, 6.07) is 15.5. The molecule has 4 aromatic rings. The maximum atomic E-state index is 13.9. The van der Waals surface area contributed by atoms with Gasteiger partial charge in [0.2, 0.25) is 0 Å². The molecular weight excluding hydrogens is 521 g/mol. The molecule has 0 saturated carbocycles. The van der Waals surface area contributed by atoms with Crippen molar-refractivity contribution < 1.29 is 22.7 Å². The van der Waals surface area contributed by atoms with Gasteiger partial charge < -0.3 is 15.0 Å². The molecule has 1 atom stereocenters. The van der Waals surface area contributed by atoms with Crippen LogP contribution < -0.4 is 15.6 Å². The van der Waals surface area contributed by atoms with Crippen molar-refractivity contribution in [2.24, 2.45) is 0 Å². The highest BCUT2D eigenvalue weighted by molar-refractivity contribution is 5.89. The van der Waals surface area contributed by atoms with Crippen molar-refractivity contribution in [1.29, 1.82) is 0 Å². The molecule has 40 heavy (non-hydrogen) atoms. The number of rotatable bonds is 8. The van der Waals surface area contributed by atoms with Gasteiger partial charge in [0.15, 0.2) is 0 Å². The largest absolute Gasteiger partial charge is 0.495 e. The molecule has 0 radical (unpaired) electrons. The van der Waals surface area contributed by atoms with Gasteiger partial charge >= 0.3 is 12.2 Å². The van der Waals surface area contributed by atoms with E-state index in [2.05, 4.69) is 5.32 Å². The van der Waals surface area contributed by atoms with Crippen LogP contribution in [0, 0.1) is 6.92 Å². The van der Waals surface area contributed by atoms with Gasteiger partial charge in [-0.3, -0.25) is 9.36 Å². The van der Waals surface area contributed by atoms with E-state index in [-0.39, 0.29) is 11.2 Å². The summed E-state index contributed by atoms with van der Waals surface area (Å²) in [6.45, 7) is 5.99. The van der Waals surface area contributed by atoms with Crippen LogP contribution in [0.5, 0.6) is 5.75 Å². The second kappa shape index (κ2) is 11.8. The number of amides is 2. The summed E-state index contributed by atoms with van der Waals surface area (Å²) in [5, 5.41) is 3.12. The molecule has 0 aliphatic carbocycles. The molecule has 1 heterocycles. The molecule has 1 unspecified atom stereocenters. The summed E-state index contributed by atoms with van der Waals surface area (Å²) in [4.78, 5) is 33.8. The second-order valence-electron chi connectivity index (χ2n) is 9.53. The number of nitrogens with one attached hydrogen (secondary N) is 1. The number of hydrogen-bond donors (Lipinski definition) is 1. The van der Waals surface area contributed by atoms with Crippen molar-refractivity contribution in [3.8, 4) is 11.4 Å². The molecule has 4 rings (SSSR count). The summed E-state index contributed by atoms with van der Waals surface area (Å²) in [5.74, 6) is 0.791. The van der Waals surface area contributed by atoms with Crippen molar-refractivity contribution in [3.63, 3.8) is 0 Å². The zero-order chi connectivity index (χ0) is 29.0. The maximum Gasteiger partial charge on any atom is 0.416 e. The number of ether oxygens (including phenoxy) is 1. The molecule has 0 bridgehead atoms. The van der Waals surface area contributed by atoms with Crippen LogP contribution in [0.4, 0.5) is 23.7 Å². The molecule has 1 N–H and O–H groups in total. The van der Waals surface area contributed by atoms with Crippen LogP contribution in [0.2, 0.25) is 0 Å². The fourth-order valence-corrected chi connectivity index (χ4v) is 4.51. The first-order valence-corrected chi connectivity index (χ1v) is 13.0. The number of carbonyl (C=O) groups is 1. The number of hydrogen-bond acceptors (Lipinski definition) is 4. The Morgan fingerprint density at radius 3 is 2.45 bits per heavy atom.